The average molecular weight is 277 g/mol. The number of aliphatic hydroxyl groups is 1. The molecule has 0 aromatic heterocycles. The van der Waals surface area contributed by atoms with Crippen LogP contribution in [-0.4, -0.2) is 23.7 Å². The van der Waals surface area contributed by atoms with Gasteiger partial charge in [0.15, 0.2) is 0 Å². The number of amides is 1. The second-order valence-electron chi connectivity index (χ2n) is 4.52. The summed E-state index contributed by atoms with van der Waals surface area (Å²) in [6, 6.07) is 4.28. The molecule has 0 spiro atoms. The predicted octanol–water partition coefficient (Wildman–Crippen LogP) is 2.48. The number of hydrogen-bond acceptors (Lipinski definition) is 2. The van der Waals surface area contributed by atoms with Crippen LogP contribution in [0.25, 0.3) is 0 Å². The molecule has 0 fully saturated rings. The van der Waals surface area contributed by atoms with Gasteiger partial charge in [0.1, 0.15) is 12.4 Å². The lowest BCUT2D eigenvalue weighted by Crippen LogP contribution is -2.34. The third-order valence-corrected chi connectivity index (χ3v) is 3.00. The summed E-state index contributed by atoms with van der Waals surface area (Å²) in [6.07, 6.45) is 2.75. The van der Waals surface area contributed by atoms with E-state index in [2.05, 4.69) is 24.1 Å². The largest absolute Gasteiger partial charge is 0.384 e. The number of halogens is 1. The van der Waals surface area contributed by atoms with Crippen molar-refractivity contribution < 1.29 is 14.3 Å². The summed E-state index contributed by atoms with van der Waals surface area (Å²) in [5, 5.41) is 11.5. The van der Waals surface area contributed by atoms with Crippen molar-refractivity contribution in [3.8, 4) is 11.8 Å². The van der Waals surface area contributed by atoms with Crippen LogP contribution in [0.1, 0.15) is 49.0 Å². The second-order valence-corrected chi connectivity index (χ2v) is 4.52. The van der Waals surface area contributed by atoms with E-state index >= 15 is 0 Å². The molecule has 1 amide bonds. The lowest BCUT2D eigenvalue weighted by atomic mass is 10.1. The van der Waals surface area contributed by atoms with Crippen LogP contribution in [0, 0.1) is 17.7 Å². The molecule has 0 radical (unpaired) electrons. The fourth-order valence-electron chi connectivity index (χ4n) is 1.89. The lowest BCUT2D eigenvalue weighted by molar-refractivity contribution is 0.0933. The molecule has 1 atom stereocenters. The Morgan fingerprint density at radius 1 is 1.45 bits per heavy atom. The van der Waals surface area contributed by atoms with Crippen molar-refractivity contribution in [1.82, 2.24) is 5.32 Å². The van der Waals surface area contributed by atoms with Crippen molar-refractivity contribution in [2.45, 2.75) is 39.2 Å². The Hall–Kier alpha value is -1.86. The maximum absolute atomic E-state index is 13.7. The Labute approximate surface area is 119 Å². The monoisotopic (exact) mass is 277 g/mol. The van der Waals surface area contributed by atoms with Gasteiger partial charge in [0, 0.05) is 11.6 Å². The highest BCUT2D eigenvalue weighted by atomic mass is 19.1. The number of carbonyl (C=O) groups is 1. The zero-order valence-electron chi connectivity index (χ0n) is 11.9. The SMILES string of the molecule is CCCC(CC)NC(=O)c1ccc(C#CCO)c(F)c1. The highest BCUT2D eigenvalue weighted by Crippen LogP contribution is 2.11. The highest BCUT2D eigenvalue weighted by molar-refractivity contribution is 5.94. The molecule has 1 rings (SSSR count). The first-order valence-corrected chi connectivity index (χ1v) is 6.82. The van der Waals surface area contributed by atoms with Crippen molar-refractivity contribution in [2.24, 2.45) is 0 Å². The summed E-state index contributed by atoms with van der Waals surface area (Å²) < 4.78 is 13.7. The molecule has 20 heavy (non-hydrogen) atoms. The molecule has 2 N–H and O–H groups in total. The van der Waals surface area contributed by atoms with Crippen LogP contribution in [-0.2, 0) is 0 Å². The highest BCUT2D eigenvalue weighted by Gasteiger charge is 2.13. The maximum atomic E-state index is 13.7. The molecule has 1 aromatic rings. The lowest BCUT2D eigenvalue weighted by Gasteiger charge is -2.16. The number of benzene rings is 1. The van der Waals surface area contributed by atoms with E-state index in [1.807, 2.05) is 6.92 Å². The quantitative estimate of drug-likeness (QED) is 0.812. The van der Waals surface area contributed by atoms with Gasteiger partial charge in [0.05, 0.1) is 5.56 Å². The fourth-order valence-corrected chi connectivity index (χ4v) is 1.89. The molecule has 0 saturated heterocycles. The number of nitrogens with one attached hydrogen (secondary N) is 1. The van der Waals surface area contributed by atoms with Crippen LogP contribution >= 0.6 is 0 Å². The van der Waals surface area contributed by atoms with Crippen molar-refractivity contribution in [2.75, 3.05) is 6.61 Å². The van der Waals surface area contributed by atoms with E-state index < -0.39 is 5.82 Å². The first-order valence-electron chi connectivity index (χ1n) is 6.82. The first-order chi connectivity index (χ1) is 9.62. The molecular formula is C16H20FNO2. The van der Waals surface area contributed by atoms with Gasteiger partial charge in [-0.2, -0.15) is 0 Å². The molecule has 0 bridgehead atoms. The topological polar surface area (TPSA) is 49.3 Å². The third kappa shape index (κ3) is 4.67. The zero-order valence-corrected chi connectivity index (χ0v) is 11.9. The third-order valence-electron chi connectivity index (χ3n) is 3.00. The van der Waals surface area contributed by atoms with Crippen LogP contribution in [0.3, 0.4) is 0 Å². The molecule has 1 aromatic carbocycles. The van der Waals surface area contributed by atoms with E-state index in [9.17, 15) is 9.18 Å². The van der Waals surface area contributed by atoms with Gasteiger partial charge in [-0.15, -0.1) is 0 Å². The van der Waals surface area contributed by atoms with E-state index in [-0.39, 0.29) is 29.7 Å². The van der Waals surface area contributed by atoms with Crippen molar-refractivity contribution in [1.29, 1.82) is 0 Å². The van der Waals surface area contributed by atoms with E-state index in [0.717, 1.165) is 19.3 Å². The molecule has 0 heterocycles. The number of rotatable bonds is 5. The van der Waals surface area contributed by atoms with Gasteiger partial charge in [0.2, 0.25) is 0 Å². The summed E-state index contributed by atoms with van der Waals surface area (Å²) in [4.78, 5) is 12.0. The minimum absolute atomic E-state index is 0.115. The van der Waals surface area contributed by atoms with Gasteiger partial charge in [0.25, 0.3) is 5.91 Å². The van der Waals surface area contributed by atoms with Gasteiger partial charge in [-0.25, -0.2) is 4.39 Å². The Kier molecular flexibility index (Phi) is 6.75. The summed E-state index contributed by atoms with van der Waals surface area (Å²) in [5.74, 6) is 4.05. The standard InChI is InChI=1S/C16H20FNO2/c1-3-6-14(4-2)18-16(20)13-9-8-12(7-5-10-19)15(17)11-13/h8-9,11,14,19H,3-4,6,10H2,1-2H3,(H,18,20). The Bertz CT molecular complexity index is 517. The van der Waals surface area contributed by atoms with Gasteiger partial charge in [-0.1, -0.05) is 32.1 Å². The van der Waals surface area contributed by atoms with Crippen LogP contribution < -0.4 is 5.32 Å². The molecule has 3 nitrogen and oxygen atoms in total. The summed E-state index contributed by atoms with van der Waals surface area (Å²) in [6.45, 7) is 3.74. The minimum atomic E-state index is -0.554. The van der Waals surface area contributed by atoms with Crippen LogP contribution in [0.5, 0.6) is 0 Å². The van der Waals surface area contributed by atoms with Crippen LogP contribution in [0.2, 0.25) is 0 Å². The molecular weight excluding hydrogens is 257 g/mol. The number of carbonyl (C=O) groups excluding carboxylic acids is 1. The smallest absolute Gasteiger partial charge is 0.251 e. The number of hydrogen-bond donors (Lipinski definition) is 2. The van der Waals surface area contributed by atoms with Gasteiger partial charge in [-0.05, 0) is 31.0 Å². The summed E-state index contributed by atoms with van der Waals surface area (Å²) >= 11 is 0. The Morgan fingerprint density at radius 2 is 2.20 bits per heavy atom. The Balaban J connectivity index is 2.81. The molecule has 4 heteroatoms. The van der Waals surface area contributed by atoms with Crippen LogP contribution in [0.15, 0.2) is 18.2 Å². The summed E-state index contributed by atoms with van der Waals surface area (Å²) in [7, 11) is 0. The summed E-state index contributed by atoms with van der Waals surface area (Å²) in [5.41, 5.74) is 0.461. The van der Waals surface area contributed by atoms with Crippen molar-refractivity contribution in [3.05, 3.63) is 35.1 Å². The van der Waals surface area contributed by atoms with Gasteiger partial charge < -0.3 is 10.4 Å². The zero-order chi connectivity index (χ0) is 15.0. The maximum Gasteiger partial charge on any atom is 0.251 e. The van der Waals surface area contributed by atoms with E-state index in [4.69, 9.17) is 5.11 Å². The Morgan fingerprint density at radius 3 is 2.75 bits per heavy atom. The molecule has 0 aliphatic heterocycles. The number of aliphatic hydroxyl groups excluding tert-OH is 1. The fraction of sp³-hybridized carbons (Fsp3) is 0.438. The molecule has 0 aliphatic rings. The minimum Gasteiger partial charge on any atom is -0.384 e. The van der Waals surface area contributed by atoms with Crippen molar-refractivity contribution in [3.63, 3.8) is 0 Å². The molecule has 0 aliphatic carbocycles. The molecule has 0 saturated carbocycles. The first kappa shape index (κ1) is 16.2. The van der Waals surface area contributed by atoms with Crippen molar-refractivity contribution >= 4 is 5.91 Å². The van der Waals surface area contributed by atoms with E-state index in [1.165, 1.54) is 12.1 Å². The van der Waals surface area contributed by atoms with E-state index in [0.29, 0.717) is 0 Å². The van der Waals surface area contributed by atoms with Gasteiger partial charge >= 0.3 is 0 Å². The second kappa shape index (κ2) is 8.34. The van der Waals surface area contributed by atoms with Gasteiger partial charge in [-0.3, -0.25) is 4.79 Å². The normalized spacial score (nSPS) is 11.4. The van der Waals surface area contributed by atoms with Crippen LogP contribution in [0.4, 0.5) is 4.39 Å². The molecule has 1 unspecified atom stereocenters. The molecule has 108 valence electrons. The average Bonchev–Trinajstić information content (AvgIpc) is 2.45. The van der Waals surface area contributed by atoms with E-state index in [1.54, 1.807) is 6.07 Å². The predicted molar refractivity (Wildman–Crippen MR) is 76.8 cm³/mol.